The van der Waals surface area contributed by atoms with Crippen LogP contribution in [-0.2, 0) is 67.4 Å². The molecule has 0 radical (unpaired) electrons. The maximum Gasteiger partial charge on any atom is 0.407 e. The number of rotatable bonds is 16. The molecule has 3 aliphatic heterocycles. The second-order valence-corrected chi connectivity index (χ2v) is 30.8. The number of carbonyl (C=O) groups excluding carboxylic acids is 6. The first-order valence-corrected chi connectivity index (χ1v) is 37.9. The lowest BCUT2D eigenvalue weighted by Gasteiger charge is -2.47. The zero-order valence-electron chi connectivity index (χ0n) is 58.6. The average molecular weight is 1410 g/mol. The zero-order chi connectivity index (χ0) is 71.5. The minimum Gasteiger partial charge on any atom is -0.481 e. The number of halogens is 2. The van der Waals surface area contributed by atoms with E-state index in [1.165, 1.54) is 43.5 Å². The maximum absolute atomic E-state index is 13.5. The number of alkyl carbamates (subject to hydrolysis) is 2. The third-order valence-electron chi connectivity index (χ3n) is 22.7. The largest absolute Gasteiger partial charge is 0.481 e. The SMILES string of the molecule is CCOC(=O)N[C@@H]1CC[C@@H]2[C@@H](C1)C[C@H]1C(=O)O[C@H](C)[C@H]1[C@H]2C(=O)O.CCOC(=O)N[C@@H]1CC[C@@H]2[C@@H](C1)C[C@H]1C(=O)O[C@H](C)[C@H]1[C@H]2C=O.CCOP(=O)(Cc1ccc(-c2cccc(F)c2)cn1)OCC.C[C@@H]1CC[C@@H]2[C@@H](C1)C[C@H]1C(=O)O[C@H](C)[C@H]1[C@H]2/C=C/c1ccc(-c2cccc(F)c2)cn1. The third-order valence-corrected chi connectivity index (χ3v) is 24.7. The predicted molar refractivity (Wildman–Crippen MR) is 368 cm³/mol. The van der Waals surface area contributed by atoms with Gasteiger partial charge in [-0.2, -0.15) is 0 Å². The van der Waals surface area contributed by atoms with Crippen molar-refractivity contribution in [3.8, 4) is 22.3 Å². The number of cyclic esters (lactones) is 3. The van der Waals surface area contributed by atoms with Gasteiger partial charge >= 0.3 is 43.7 Å². The number of carboxylic acids is 1. The van der Waals surface area contributed by atoms with E-state index in [4.69, 9.17) is 32.7 Å². The van der Waals surface area contributed by atoms with Crippen LogP contribution in [0.25, 0.3) is 28.3 Å². The highest BCUT2D eigenvalue weighted by atomic mass is 31.2. The predicted octanol–water partition coefficient (Wildman–Crippen LogP) is 14.5. The fraction of sp³-hybridized carbons (Fsp3) is 0.597. The number of nitrogens with zero attached hydrogens (tertiary/aromatic N) is 2. The first kappa shape index (κ1) is 75.2. The Balaban J connectivity index is 0.000000146. The number of allylic oxidation sites excluding steroid dienone is 1. The van der Waals surface area contributed by atoms with Crippen LogP contribution in [0.5, 0.6) is 0 Å². The van der Waals surface area contributed by atoms with Crippen molar-refractivity contribution < 1.29 is 84.7 Å². The summed E-state index contributed by atoms with van der Waals surface area (Å²) in [5.74, 6) is 0.237. The molecule has 0 unspecified atom stereocenters. The summed E-state index contributed by atoms with van der Waals surface area (Å²) in [4.78, 5) is 92.4. The molecule has 5 heterocycles. The second-order valence-electron chi connectivity index (χ2n) is 28.8. The molecule has 3 saturated heterocycles. The normalized spacial score (nSPS) is 32.9. The third kappa shape index (κ3) is 17.9. The molecule has 542 valence electrons. The van der Waals surface area contributed by atoms with Gasteiger partial charge in [0.1, 0.15) is 36.2 Å². The van der Waals surface area contributed by atoms with Gasteiger partial charge in [-0.25, -0.2) is 18.4 Å². The number of fused-ring (bicyclic) bond motifs is 6. The Bertz CT molecular complexity index is 3570. The molecular weight excluding hydrogens is 1310 g/mol. The number of aromatic nitrogens is 2. The van der Waals surface area contributed by atoms with Crippen LogP contribution in [-0.4, -0.2) is 114 Å². The summed E-state index contributed by atoms with van der Waals surface area (Å²) in [5, 5.41) is 15.5. The summed E-state index contributed by atoms with van der Waals surface area (Å²) in [6.45, 7) is 16.5. The van der Waals surface area contributed by atoms with E-state index in [-0.39, 0.29) is 131 Å². The van der Waals surface area contributed by atoms with Crippen molar-refractivity contribution in [1.29, 1.82) is 0 Å². The highest BCUT2D eigenvalue weighted by molar-refractivity contribution is 7.53. The van der Waals surface area contributed by atoms with Gasteiger partial charge < -0.3 is 53.3 Å². The standard InChI is InChI=1S/C27H30FNO2.C17H25NO6.C17H25NO5.C16H19FNO3P/c1-16-6-10-23-20(12-16)14-25-26(17(2)31-27(25)30)24(23)11-9-22-8-7-19(15-29-22)18-4-3-5-21(28)13-18;1-3-23-17(22)18-10-4-5-11-9(6-10)7-12-13(14(11)15(19)20)8(2)24-16(12)21;1-3-22-17(21)18-11-4-5-12-10(6-11)7-13-15(14(12)8-19)9(2)23-16(13)20;1-3-20-22(19,21-4-2)12-16-9-8-14(11-18-16)13-6-5-7-15(17)10-13/h3-5,7-9,11,13,15-17,20,23-26H,6,10,12,14H2,1-2H3;8-14H,3-7H2,1-2H3,(H,18,22)(H,19,20);8-15H,3-7H2,1-2H3,(H,18,21);5-11H,3-4,12H2,1-2H3/b11-9+;;;/t16-,17-,20+,23-,24+,25-,26+;8-,9+,10-,11-,12-,13-,14+;9-,10+,11-,12-,13-,14+,15-;/m111./s1. The molecular formula is C77H99F2N4O16P. The van der Waals surface area contributed by atoms with Crippen LogP contribution in [0, 0.1) is 106 Å². The molecule has 2 aromatic heterocycles. The van der Waals surface area contributed by atoms with Gasteiger partial charge in [0, 0.05) is 59.3 Å². The molecule has 100 heavy (non-hydrogen) atoms. The van der Waals surface area contributed by atoms with Crippen LogP contribution in [0.4, 0.5) is 18.4 Å². The van der Waals surface area contributed by atoms with Crippen molar-refractivity contribution in [2.45, 2.75) is 169 Å². The summed E-state index contributed by atoms with van der Waals surface area (Å²) in [5.41, 5.74) is 4.78. The second kappa shape index (κ2) is 34.0. The van der Waals surface area contributed by atoms with E-state index in [0.717, 1.165) is 85.1 Å². The monoisotopic (exact) mass is 1400 g/mol. The van der Waals surface area contributed by atoms with Crippen molar-refractivity contribution in [1.82, 2.24) is 20.6 Å². The lowest BCUT2D eigenvalue weighted by Crippen LogP contribution is -2.51. The number of esters is 3. The van der Waals surface area contributed by atoms with Gasteiger partial charge in [-0.3, -0.25) is 33.7 Å². The van der Waals surface area contributed by atoms with E-state index in [1.54, 1.807) is 65.2 Å². The van der Waals surface area contributed by atoms with Crippen LogP contribution >= 0.6 is 7.60 Å². The lowest BCUT2D eigenvalue weighted by molar-refractivity contribution is -0.153. The van der Waals surface area contributed by atoms with Gasteiger partial charge in [-0.05, 0) is 220 Å². The summed E-state index contributed by atoms with van der Waals surface area (Å²) in [6.07, 6.45) is 18.5. The Hall–Kier alpha value is -7.42. The van der Waals surface area contributed by atoms with Crippen LogP contribution in [0.1, 0.15) is 144 Å². The van der Waals surface area contributed by atoms with E-state index in [1.807, 2.05) is 37.3 Å². The molecule has 20 nitrogen and oxygen atoms in total. The summed E-state index contributed by atoms with van der Waals surface area (Å²) >= 11 is 0. The first-order valence-electron chi connectivity index (χ1n) is 36.2. The van der Waals surface area contributed by atoms with Crippen LogP contribution in [0.2, 0.25) is 0 Å². The highest BCUT2D eigenvalue weighted by Gasteiger charge is 2.59. The molecule has 21 atom stereocenters. The number of aliphatic carboxylic acids is 1. The smallest absolute Gasteiger partial charge is 0.407 e. The van der Waals surface area contributed by atoms with Gasteiger partial charge in [0.05, 0.1) is 67.6 Å². The molecule has 9 fully saturated rings. The minimum absolute atomic E-state index is 0.00477. The number of amides is 2. The summed E-state index contributed by atoms with van der Waals surface area (Å²) in [6, 6.07) is 20.5. The number of nitrogens with one attached hydrogen (secondary N) is 2. The lowest BCUT2D eigenvalue weighted by atomic mass is 9.56. The van der Waals surface area contributed by atoms with Crippen molar-refractivity contribution in [3.63, 3.8) is 0 Å². The minimum atomic E-state index is -3.16. The first-order chi connectivity index (χ1) is 48.0. The van der Waals surface area contributed by atoms with Crippen molar-refractivity contribution in [2.75, 3.05) is 26.4 Å². The number of carboxylic acid groups (broad SMARTS) is 1. The Labute approximate surface area is 585 Å². The molecule has 23 heteroatoms. The Morgan fingerprint density at radius 1 is 0.570 bits per heavy atom. The molecule has 6 aliphatic carbocycles. The number of hydrogen-bond acceptors (Lipinski definition) is 17. The highest BCUT2D eigenvalue weighted by Crippen LogP contribution is 2.57. The van der Waals surface area contributed by atoms with Gasteiger partial charge in [0.15, 0.2) is 0 Å². The van der Waals surface area contributed by atoms with Gasteiger partial charge in [0.25, 0.3) is 0 Å². The molecule has 4 aromatic rings. The number of pyridine rings is 2. The van der Waals surface area contributed by atoms with Crippen molar-refractivity contribution in [2.24, 2.45) is 94.7 Å². The zero-order valence-corrected chi connectivity index (χ0v) is 59.5. The number of benzene rings is 2. The molecule has 2 amide bonds. The fourth-order valence-corrected chi connectivity index (χ4v) is 20.2. The molecule has 0 bridgehead atoms. The quantitative estimate of drug-likeness (QED) is 0.0407. The Morgan fingerprint density at radius 3 is 1.52 bits per heavy atom. The number of carbonyl (C=O) groups is 7. The average Bonchev–Trinajstić information content (AvgIpc) is 1.55. The van der Waals surface area contributed by atoms with Crippen molar-refractivity contribution in [3.05, 3.63) is 114 Å². The summed E-state index contributed by atoms with van der Waals surface area (Å²) < 4.78 is 75.9. The van der Waals surface area contributed by atoms with Gasteiger partial charge in [-0.15, -0.1) is 0 Å². The van der Waals surface area contributed by atoms with Gasteiger partial charge in [0.2, 0.25) is 0 Å². The molecule has 6 saturated carbocycles. The topological polar surface area (TPSA) is 271 Å². The van der Waals surface area contributed by atoms with Crippen molar-refractivity contribution >= 4 is 56.0 Å². The number of ether oxygens (including phenoxy) is 5. The van der Waals surface area contributed by atoms with E-state index < -0.39 is 25.6 Å². The van der Waals surface area contributed by atoms with Gasteiger partial charge in [-0.1, -0.05) is 55.8 Å². The van der Waals surface area contributed by atoms with E-state index in [2.05, 4.69) is 46.6 Å². The van der Waals surface area contributed by atoms with Crippen LogP contribution < -0.4 is 10.6 Å². The summed E-state index contributed by atoms with van der Waals surface area (Å²) in [7, 11) is -3.16. The molecule has 3 N–H and O–H groups in total. The van der Waals surface area contributed by atoms with E-state index in [0.29, 0.717) is 68.6 Å². The Morgan fingerprint density at radius 2 is 1.04 bits per heavy atom. The fourth-order valence-electron chi connectivity index (χ4n) is 18.6. The maximum atomic E-state index is 13.5. The van der Waals surface area contributed by atoms with Crippen LogP contribution in [0.15, 0.2) is 91.3 Å². The van der Waals surface area contributed by atoms with E-state index >= 15 is 0 Å². The number of aldehydes is 1. The number of hydrogen-bond donors (Lipinski definition) is 3. The molecule has 2 aromatic carbocycles. The Kier molecular flexibility index (Phi) is 25.6. The molecule has 13 rings (SSSR count). The molecule has 9 aliphatic rings. The van der Waals surface area contributed by atoms with E-state index in [9.17, 15) is 52.0 Å². The molecule has 0 spiro atoms. The van der Waals surface area contributed by atoms with Crippen LogP contribution in [0.3, 0.4) is 0 Å².